The van der Waals surface area contributed by atoms with Crippen molar-refractivity contribution >= 4 is 5.97 Å². The first-order valence-electron chi connectivity index (χ1n) is 6.07. The normalized spacial score (nSPS) is 12.6. The van der Waals surface area contributed by atoms with Gasteiger partial charge in [0.1, 0.15) is 11.9 Å². The van der Waals surface area contributed by atoms with Crippen LogP contribution < -0.4 is 0 Å². The fourth-order valence-electron chi connectivity index (χ4n) is 2.09. The number of rotatable bonds is 4. The lowest BCUT2D eigenvalue weighted by molar-refractivity contribution is -0.142. The van der Waals surface area contributed by atoms with Gasteiger partial charge in [0.15, 0.2) is 5.82 Å². The summed E-state index contributed by atoms with van der Waals surface area (Å²) in [6.45, 7) is 5.50. The molecule has 19 heavy (non-hydrogen) atoms. The molecule has 6 heteroatoms. The number of aromatic nitrogens is 4. The minimum Gasteiger partial charge on any atom is -0.480 e. The molecular weight excluding hydrogens is 244 g/mol. The molecule has 1 N–H and O–H groups in total. The Morgan fingerprint density at radius 2 is 1.89 bits per heavy atom. The van der Waals surface area contributed by atoms with Gasteiger partial charge in [-0.05, 0) is 25.0 Å². The topological polar surface area (TPSA) is 80.9 Å². The third-order valence-corrected chi connectivity index (χ3v) is 2.97. The summed E-state index contributed by atoms with van der Waals surface area (Å²) in [5.41, 5.74) is 0.808. The Bertz CT molecular complexity index is 578. The molecule has 2 aromatic heterocycles. The van der Waals surface area contributed by atoms with Crippen molar-refractivity contribution in [2.45, 2.75) is 26.8 Å². The number of carboxylic acid groups (broad SMARTS) is 1. The van der Waals surface area contributed by atoms with E-state index in [1.54, 1.807) is 36.0 Å². The number of carboxylic acids is 1. The van der Waals surface area contributed by atoms with E-state index in [0.717, 1.165) is 5.56 Å². The Morgan fingerprint density at radius 3 is 2.42 bits per heavy atom. The van der Waals surface area contributed by atoms with Crippen LogP contribution in [0.5, 0.6) is 0 Å². The zero-order valence-corrected chi connectivity index (χ0v) is 11.1. The second-order valence-electron chi connectivity index (χ2n) is 4.70. The van der Waals surface area contributed by atoms with Crippen molar-refractivity contribution in [2.75, 3.05) is 0 Å². The van der Waals surface area contributed by atoms with Gasteiger partial charge in [-0.1, -0.05) is 13.8 Å². The summed E-state index contributed by atoms with van der Waals surface area (Å²) in [7, 11) is 0. The smallest absolute Gasteiger partial charge is 0.327 e. The van der Waals surface area contributed by atoms with Gasteiger partial charge in [-0.15, -0.1) is 10.2 Å². The SMILES string of the molecule is Cc1nnc(-c2ccncc2)n1C(C(=O)O)C(C)C. The maximum Gasteiger partial charge on any atom is 0.327 e. The van der Waals surface area contributed by atoms with Gasteiger partial charge in [-0.2, -0.15) is 0 Å². The van der Waals surface area contributed by atoms with Crippen LogP contribution in [0.15, 0.2) is 24.5 Å². The van der Waals surface area contributed by atoms with E-state index in [1.807, 2.05) is 13.8 Å². The van der Waals surface area contributed by atoms with Crippen molar-refractivity contribution in [1.29, 1.82) is 0 Å². The number of aryl methyl sites for hydroxylation is 1. The van der Waals surface area contributed by atoms with E-state index in [9.17, 15) is 9.90 Å². The molecule has 0 spiro atoms. The minimum atomic E-state index is -0.881. The summed E-state index contributed by atoms with van der Waals surface area (Å²) in [4.78, 5) is 15.4. The molecule has 0 fully saturated rings. The first kappa shape index (κ1) is 13.2. The monoisotopic (exact) mass is 260 g/mol. The van der Waals surface area contributed by atoms with E-state index in [2.05, 4.69) is 15.2 Å². The summed E-state index contributed by atoms with van der Waals surface area (Å²) in [6, 6.07) is 2.90. The summed E-state index contributed by atoms with van der Waals surface area (Å²) in [5.74, 6) is 0.204. The molecule has 0 radical (unpaired) electrons. The lowest BCUT2D eigenvalue weighted by atomic mass is 10.0. The third-order valence-electron chi connectivity index (χ3n) is 2.97. The van der Waals surface area contributed by atoms with Crippen molar-refractivity contribution in [3.8, 4) is 11.4 Å². The fraction of sp³-hybridized carbons (Fsp3) is 0.385. The molecule has 0 saturated carbocycles. The lowest BCUT2D eigenvalue weighted by Crippen LogP contribution is -2.25. The number of hydrogen-bond acceptors (Lipinski definition) is 4. The van der Waals surface area contributed by atoms with Crippen LogP contribution in [0.3, 0.4) is 0 Å². The Morgan fingerprint density at radius 1 is 1.26 bits per heavy atom. The Labute approximate surface area is 111 Å². The van der Waals surface area contributed by atoms with Crippen molar-refractivity contribution in [3.63, 3.8) is 0 Å². The van der Waals surface area contributed by atoms with Gasteiger partial charge in [0.25, 0.3) is 0 Å². The van der Waals surface area contributed by atoms with Gasteiger partial charge in [-0.3, -0.25) is 9.55 Å². The molecule has 0 bridgehead atoms. The van der Waals surface area contributed by atoms with Gasteiger partial charge in [0.05, 0.1) is 0 Å². The van der Waals surface area contributed by atoms with E-state index < -0.39 is 12.0 Å². The molecule has 6 nitrogen and oxygen atoms in total. The van der Waals surface area contributed by atoms with Gasteiger partial charge >= 0.3 is 5.97 Å². The van der Waals surface area contributed by atoms with Crippen LogP contribution >= 0.6 is 0 Å². The maximum atomic E-state index is 11.5. The van der Waals surface area contributed by atoms with Crippen LogP contribution in [-0.2, 0) is 4.79 Å². The lowest BCUT2D eigenvalue weighted by Gasteiger charge is -2.20. The predicted octanol–water partition coefficient (Wildman–Crippen LogP) is 1.93. The van der Waals surface area contributed by atoms with Crippen LogP contribution in [0.4, 0.5) is 0 Å². The molecule has 0 amide bonds. The van der Waals surface area contributed by atoms with Crippen LogP contribution in [0, 0.1) is 12.8 Å². The summed E-state index contributed by atoms with van der Waals surface area (Å²) in [5, 5.41) is 17.5. The Balaban J connectivity index is 2.57. The molecule has 0 aliphatic rings. The second kappa shape index (κ2) is 5.17. The van der Waals surface area contributed by atoms with Crippen molar-refractivity contribution < 1.29 is 9.90 Å². The van der Waals surface area contributed by atoms with Crippen LogP contribution in [-0.4, -0.2) is 30.8 Å². The standard InChI is InChI=1S/C13H16N4O2/c1-8(2)11(13(18)19)17-9(3)15-16-12(17)10-4-6-14-7-5-10/h4-8,11H,1-3H3,(H,18,19). The molecule has 0 aromatic carbocycles. The first-order valence-corrected chi connectivity index (χ1v) is 6.07. The quantitative estimate of drug-likeness (QED) is 0.908. The summed E-state index contributed by atoms with van der Waals surface area (Å²) >= 11 is 0. The first-order chi connectivity index (χ1) is 9.02. The Hall–Kier alpha value is -2.24. The molecule has 2 heterocycles. The number of hydrogen-bond donors (Lipinski definition) is 1. The highest BCUT2D eigenvalue weighted by Gasteiger charge is 2.28. The molecule has 0 aliphatic carbocycles. The highest BCUT2D eigenvalue weighted by Crippen LogP contribution is 2.26. The zero-order valence-electron chi connectivity index (χ0n) is 11.1. The average molecular weight is 260 g/mol. The van der Waals surface area contributed by atoms with Crippen LogP contribution in [0.1, 0.15) is 25.7 Å². The van der Waals surface area contributed by atoms with Crippen molar-refractivity contribution in [2.24, 2.45) is 5.92 Å². The molecule has 0 aliphatic heterocycles. The van der Waals surface area contributed by atoms with Crippen LogP contribution in [0.25, 0.3) is 11.4 Å². The van der Waals surface area contributed by atoms with E-state index in [0.29, 0.717) is 11.6 Å². The van der Waals surface area contributed by atoms with E-state index in [1.165, 1.54) is 0 Å². The third kappa shape index (κ3) is 2.47. The van der Waals surface area contributed by atoms with Gasteiger partial charge in [0, 0.05) is 18.0 Å². The maximum absolute atomic E-state index is 11.5. The largest absolute Gasteiger partial charge is 0.480 e. The predicted molar refractivity (Wildman–Crippen MR) is 69.5 cm³/mol. The van der Waals surface area contributed by atoms with E-state index >= 15 is 0 Å². The second-order valence-corrected chi connectivity index (χ2v) is 4.70. The molecule has 1 atom stereocenters. The molecule has 2 aromatic rings. The highest BCUT2D eigenvalue weighted by atomic mass is 16.4. The van der Waals surface area contributed by atoms with E-state index in [-0.39, 0.29) is 5.92 Å². The molecule has 1 unspecified atom stereocenters. The average Bonchev–Trinajstić information content (AvgIpc) is 2.72. The number of nitrogens with zero attached hydrogens (tertiary/aromatic N) is 4. The van der Waals surface area contributed by atoms with Gasteiger partial charge in [-0.25, -0.2) is 4.79 Å². The van der Waals surface area contributed by atoms with E-state index in [4.69, 9.17) is 0 Å². The summed E-state index contributed by atoms with van der Waals surface area (Å²) in [6.07, 6.45) is 3.30. The number of carbonyl (C=O) groups is 1. The minimum absolute atomic E-state index is 0.0622. The molecule has 100 valence electrons. The van der Waals surface area contributed by atoms with Gasteiger partial charge < -0.3 is 5.11 Å². The zero-order chi connectivity index (χ0) is 14.0. The summed E-state index contributed by atoms with van der Waals surface area (Å²) < 4.78 is 1.67. The fourth-order valence-corrected chi connectivity index (χ4v) is 2.09. The number of pyridine rings is 1. The van der Waals surface area contributed by atoms with Crippen molar-refractivity contribution in [3.05, 3.63) is 30.4 Å². The van der Waals surface area contributed by atoms with Gasteiger partial charge in [0.2, 0.25) is 0 Å². The molecule has 0 saturated heterocycles. The number of aliphatic carboxylic acids is 1. The van der Waals surface area contributed by atoms with Crippen molar-refractivity contribution in [1.82, 2.24) is 19.7 Å². The molecule has 2 rings (SSSR count). The highest BCUT2D eigenvalue weighted by molar-refractivity contribution is 5.73. The van der Waals surface area contributed by atoms with Crippen LogP contribution in [0.2, 0.25) is 0 Å². The Kier molecular flexibility index (Phi) is 3.59. The molecular formula is C13H16N4O2.